The van der Waals surface area contributed by atoms with Gasteiger partial charge in [-0.05, 0) is 12.6 Å². The Kier molecular flexibility index (Phi) is 4.76. The highest BCUT2D eigenvalue weighted by molar-refractivity contribution is 5.76. The van der Waals surface area contributed by atoms with Crippen LogP contribution in [0, 0.1) is 0 Å². The Morgan fingerprint density at radius 1 is 1.26 bits per heavy atom. The Morgan fingerprint density at radius 3 is 2.78 bits per heavy atom. The molecule has 1 aliphatic rings. The molecule has 0 unspecified atom stereocenters. The van der Waals surface area contributed by atoms with Crippen molar-refractivity contribution in [3.8, 4) is 0 Å². The van der Waals surface area contributed by atoms with Gasteiger partial charge in [0, 0.05) is 38.4 Å². The van der Waals surface area contributed by atoms with Crippen molar-refractivity contribution < 1.29 is 4.79 Å². The summed E-state index contributed by atoms with van der Waals surface area (Å²) >= 11 is 0. The molecule has 0 saturated carbocycles. The third kappa shape index (κ3) is 3.45. The fourth-order valence-electron chi connectivity index (χ4n) is 3.18. The van der Waals surface area contributed by atoms with Crippen LogP contribution in [0.3, 0.4) is 0 Å². The van der Waals surface area contributed by atoms with Crippen LogP contribution in [0.1, 0.15) is 24.4 Å². The van der Waals surface area contributed by atoms with Gasteiger partial charge in [-0.15, -0.1) is 0 Å². The van der Waals surface area contributed by atoms with E-state index in [1.165, 1.54) is 5.56 Å². The molecule has 0 aliphatic carbocycles. The number of benzene rings is 1. The molecule has 0 radical (unpaired) electrons. The maximum Gasteiger partial charge on any atom is 0.242 e. The second-order valence-electron chi connectivity index (χ2n) is 6.07. The van der Waals surface area contributed by atoms with Crippen LogP contribution < -0.4 is 0 Å². The average Bonchev–Trinajstić information content (AvgIpc) is 3.03. The van der Waals surface area contributed by atoms with Crippen LogP contribution in [0.2, 0.25) is 0 Å². The van der Waals surface area contributed by atoms with Crippen molar-refractivity contribution in [3.05, 3.63) is 54.1 Å². The molecule has 0 spiro atoms. The minimum Gasteiger partial charge on any atom is -0.338 e. The van der Waals surface area contributed by atoms with Gasteiger partial charge in [0.15, 0.2) is 0 Å². The lowest BCUT2D eigenvalue weighted by Crippen LogP contribution is -2.49. The second-order valence-corrected chi connectivity index (χ2v) is 6.07. The van der Waals surface area contributed by atoms with Gasteiger partial charge in [-0.3, -0.25) is 9.69 Å². The summed E-state index contributed by atoms with van der Waals surface area (Å²) in [6.45, 7) is 4.87. The summed E-state index contributed by atoms with van der Waals surface area (Å²) in [5, 5.41) is 0. The number of amides is 1. The number of rotatable bonds is 4. The highest BCUT2D eigenvalue weighted by atomic mass is 16.2. The minimum absolute atomic E-state index is 0.173. The number of piperazine rings is 1. The van der Waals surface area contributed by atoms with Crippen LogP contribution in [-0.2, 0) is 17.8 Å². The second kappa shape index (κ2) is 6.96. The van der Waals surface area contributed by atoms with E-state index in [-0.39, 0.29) is 11.9 Å². The van der Waals surface area contributed by atoms with Crippen LogP contribution >= 0.6 is 0 Å². The predicted molar refractivity (Wildman–Crippen MR) is 90.0 cm³/mol. The summed E-state index contributed by atoms with van der Waals surface area (Å²) in [4.78, 5) is 21.3. The van der Waals surface area contributed by atoms with Crippen molar-refractivity contribution in [3.63, 3.8) is 0 Å². The molecule has 23 heavy (non-hydrogen) atoms. The van der Waals surface area contributed by atoms with Crippen LogP contribution in [0.4, 0.5) is 0 Å². The Labute approximate surface area is 137 Å². The van der Waals surface area contributed by atoms with E-state index in [2.05, 4.69) is 48.1 Å². The zero-order chi connectivity index (χ0) is 16.2. The third-order valence-corrected chi connectivity index (χ3v) is 4.61. The maximum atomic E-state index is 12.7. The van der Waals surface area contributed by atoms with E-state index in [4.69, 9.17) is 0 Å². The summed E-state index contributed by atoms with van der Waals surface area (Å²) in [5.74, 6) is 1.14. The van der Waals surface area contributed by atoms with Crippen LogP contribution in [0.25, 0.3) is 0 Å². The Balaban J connectivity index is 1.70. The number of nitrogens with zero attached hydrogens (tertiary/aromatic N) is 4. The van der Waals surface area contributed by atoms with Crippen LogP contribution in [0.5, 0.6) is 0 Å². The van der Waals surface area contributed by atoms with Crippen LogP contribution in [0.15, 0.2) is 42.7 Å². The molecule has 2 heterocycles. The molecule has 3 rings (SSSR count). The first kappa shape index (κ1) is 15.7. The Morgan fingerprint density at radius 2 is 2.04 bits per heavy atom. The monoisotopic (exact) mass is 312 g/mol. The maximum absolute atomic E-state index is 12.7. The summed E-state index contributed by atoms with van der Waals surface area (Å²) in [5.41, 5.74) is 1.27. The number of hydrogen-bond acceptors (Lipinski definition) is 3. The van der Waals surface area contributed by atoms with Crippen molar-refractivity contribution in [1.29, 1.82) is 0 Å². The molecule has 1 fully saturated rings. The lowest BCUT2D eigenvalue weighted by molar-refractivity contribution is -0.134. The van der Waals surface area contributed by atoms with E-state index in [0.717, 1.165) is 31.9 Å². The van der Waals surface area contributed by atoms with E-state index < -0.39 is 0 Å². The van der Waals surface area contributed by atoms with Crippen LogP contribution in [-0.4, -0.2) is 51.9 Å². The van der Waals surface area contributed by atoms with Crippen molar-refractivity contribution in [1.82, 2.24) is 19.4 Å². The molecule has 0 N–H and O–H groups in total. The van der Waals surface area contributed by atoms with E-state index in [1.54, 1.807) is 6.20 Å². The first-order valence-corrected chi connectivity index (χ1v) is 8.22. The number of aryl methyl sites for hydroxylation is 1. The normalized spacial score (nSPS) is 19.0. The molecule has 122 valence electrons. The molecule has 1 aromatic carbocycles. The topological polar surface area (TPSA) is 41.4 Å². The fourth-order valence-corrected chi connectivity index (χ4v) is 3.18. The lowest BCUT2D eigenvalue weighted by atomic mass is 10.0. The molecule has 1 amide bonds. The summed E-state index contributed by atoms with van der Waals surface area (Å²) in [6, 6.07) is 10.7. The highest BCUT2D eigenvalue weighted by Gasteiger charge is 2.28. The van der Waals surface area contributed by atoms with E-state index >= 15 is 0 Å². The number of likely N-dealkylation sites (N-methyl/N-ethyl adjacent to an activating group) is 1. The van der Waals surface area contributed by atoms with E-state index in [1.807, 2.05) is 21.7 Å². The van der Waals surface area contributed by atoms with E-state index in [0.29, 0.717) is 6.54 Å². The zero-order valence-electron chi connectivity index (χ0n) is 13.9. The van der Waals surface area contributed by atoms with Crippen molar-refractivity contribution in [2.75, 3.05) is 26.7 Å². The standard InChI is InChI=1S/C18H24N4O/c1-3-17-19-9-10-21(17)14-18(23)22-12-11-20(2)16(13-22)15-7-5-4-6-8-15/h4-10,16H,3,11-14H2,1-2H3/t16-/m1/s1. The molecule has 1 saturated heterocycles. The molecular weight excluding hydrogens is 288 g/mol. The van der Waals surface area contributed by atoms with Gasteiger partial charge in [-0.25, -0.2) is 4.98 Å². The largest absolute Gasteiger partial charge is 0.338 e. The molecule has 1 aromatic heterocycles. The third-order valence-electron chi connectivity index (χ3n) is 4.61. The van der Waals surface area contributed by atoms with Gasteiger partial charge >= 0.3 is 0 Å². The minimum atomic E-state index is 0.173. The summed E-state index contributed by atoms with van der Waals surface area (Å²) in [7, 11) is 2.13. The summed E-state index contributed by atoms with van der Waals surface area (Å²) < 4.78 is 1.96. The fraction of sp³-hybridized carbons (Fsp3) is 0.444. The quantitative estimate of drug-likeness (QED) is 0.866. The van der Waals surface area contributed by atoms with Gasteiger partial charge in [0.05, 0.1) is 6.04 Å². The van der Waals surface area contributed by atoms with Gasteiger partial charge in [-0.2, -0.15) is 0 Å². The van der Waals surface area contributed by atoms with Crippen molar-refractivity contribution in [2.24, 2.45) is 0 Å². The molecule has 5 nitrogen and oxygen atoms in total. The SMILES string of the molecule is CCc1nccn1CC(=O)N1CCN(C)[C@@H](c2ccccc2)C1. The van der Waals surface area contributed by atoms with Crippen molar-refractivity contribution >= 4 is 5.91 Å². The molecule has 5 heteroatoms. The first-order valence-electron chi connectivity index (χ1n) is 8.22. The Bertz CT molecular complexity index is 652. The van der Waals surface area contributed by atoms with Gasteiger partial charge < -0.3 is 9.47 Å². The lowest BCUT2D eigenvalue weighted by Gasteiger charge is -2.39. The molecule has 1 aliphatic heterocycles. The molecule has 0 bridgehead atoms. The number of imidazole rings is 1. The number of carbonyl (C=O) groups excluding carboxylic acids is 1. The molecule has 1 atom stereocenters. The van der Waals surface area contributed by atoms with E-state index in [9.17, 15) is 4.79 Å². The van der Waals surface area contributed by atoms with Gasteiger partial charge in [0.1, 0.15) is 12.4 Å². The number of hydrogen-bond donors (Lipinski definition) is 0. The smallest absolute Gasteiger partial charge is 0.242 e. The summed E-state index contributed by atoms with van der Waals surface area (Å²) in [6.07, 6.45) is 4.50. The highest BCUT2D eigenvalue weighted by Crippen LogP contribution is 2.24. The first-order chi connectivity index (χ1) is 11.2. The Hall–Kier alpha value is -2.14. The average molecular weight is 312 g/mol. The predicted octanol–water partition coefficient (Wildman–Crippen LogP) is 1.96. The molecule has 2 aromatic rings. The van der Waals surface area contributed by atoms with Gasteiger partial charge in [-0.1, -0.05) is 37.3 Å². The number of aromatic nitrogens is 2. The number of carbonyl (C=O) groups is 1. The van der Waals surface area contributed by atoms with Gasteiger partial charge in [0.2, 0.25) is 5.91 Å². The molecular formula is C18H24N4O. The zero-order valence-corrected chi connectivity index (χ0v) is 13.9. The van der Waals surface area contributed by atoms with Crippen molar-refractivity contribution in [2.45, 2.75) is 25.9 Å². The van der Waals surface area contributed by atoms with Gasteiger partial charge in [0.25, 0.3) is 0 Å².